The van der Waals surface area contributed by atoms with Crippen molar-refractivity contribution in [2.24, 2.45) is 11.8 Å². The van der Waals surface area contributed by atoms with E-state index in [-0.39, 0.29) is 18.2 Å². The lowest BCUT2D eigenvalue weighted by molar-refractivity contribution is -0.125. The maximum absolute atomic E-state index is 12.9. The number of aromatic nitrogens is 1. The number of fused-ring (bicyclic) bond motifs is 1. The van der Waals surface area contributed by atoms with E-state index in [1.54, 1.807) is 18.2 Å². The Morgan fingerprint density at radius 2 is 2.03 bits per heavy atom. The molecule has 2 aliphatic rings. The monoisotopic (exact) mass is 441 g/mol. The van der Waals surface area contributed by atoms with Crippen LogP contribution < -0.4 is 16.0 Å². The van der Waals surface area contributed by atoms with Gasteiger partial charge in [0.25, 0.3) is 5.91 Å². The number of hydrogen-bond acceptors (Lipinski definition) is 4. The molecule has 1 aromatic carbocycles. The molecule has 3 atom stereocenters. The summed E-state index contributed by atoms with van der Waals surface area (Å²) >= 11 is 6.19. The Hall–Kier alpha value is -3.05. The number of rotatable bonds is 8. The van der Waals surface area contributed by atoms with Gasteiger partial charge in [0.2, 0.25) is 11.8 Å². The van der Waals surface area contributed by atoms with Gasteiger partial charge in [-0.05, 0) is 43.4 Å². The molecule has 1 aliphatic heterocycles. The molecule has 2 fully saturated rings. The second-order valence-corrected chi connectivity index (χ2v) is 8.70. The number of aromatic amines is 1. The summed E-state index contributed by atoms with van der Waals surface area (Å²) in [7, 11) is 0. The SMILES string of the molecule is N#CC(CC1CCNC1=O)NC(=O)C(CC1CC1)NC(=O)c1cc2c(Cl)cccc2[nH]1. The summed E-state index contributed by atoms with van der Waals surface area (Å²) in [5, 5.41) is 19.0. The van der Waals surface area contributed by atoms with E-state index < -0.39 is 23.9 Å². The Kier molecular flexibility index (Phi) is 6.14. The highest BCUT2D eigenvalue weighted by molar-refractivity contribution is 6.35. The van der Waals surface area contributed by atoms with Crippen molar-refractivity contribution in [3.8, 4) is 6.07 Å². The first kappa shape index (κ1) is 21.2. The highest BCUT2D eigenvalue weighted by atomic mass is 35.5. The van der Waals surface area contributed by atoms with Gasteiger partial charge in [-0.2, -0.15) is 5.26 Å². The second-order valence-electron chi connectivity index (χ2n) is 8.29. The van der Waals surface area contributed by atoms with Crippen LogP contribution in [0, 0.1) is 23.2 Å². The Morgan fingerprint density at radius 3 is 2.68 bits per heavy atom. The number of benzene rings is 1. The summed E-state index contributed by atoms with van der Waals surface area (Å²) < 4.78 is 0. The maximum Gasteiger partial charge on any atom is 0.268 e. The number of carbonyl (C=O) groups is 3. The third-order valence-electron chi connectivity index (χ3n) is 5.90. The molecular weight excluding hydrogens is 418 g/mol. The predicted molar refractivity (Wildman–Crippen MR) is 115 cm³/mol. The van der Waals surface area contributed by atoms with Gasteiger partial charge in [0, 0.05) is 28.4 Å². The van der Waals surface area contributed by atoms with E-state index in [0.717, 1.165) is 23.7 Å². The van der Waals surface area contributed by atoms with Gasteiger partial charge in [0.15, 0.2) is 0 Å². The number of hydrogen-bond donors (Lipinski definition) is 4. The number of carbonyl (C=O) groups excluding carboxylic acids is 3. The van der Waals surface area contributed by atoms with E-state index in [0.29, 0.717) is 36.0 Å². The van der Waals surface area contributed by atoms with Crippen molar-refractivity contribution < 1.29 is 14.4 Å². The highest BCUT2D eigenvalue weighted by Gasteiger charge is 2.33. The minimum absolute atomic E-state index is 0.0881. The van der Waals surface area contributed by atoms with Crippen molar-refractivity contribution in [3.05, 3.63) is 35.0 Å². The van der Waals surface area contributed by atoms with Crippen molar-refractivity contribution >= 4 is 40.2 Å². The molecule has 3 unspecified atom stereocenters. The van der Waals surface area contributed by atoms with Crippen LogP contribution in [-0.2, 0) is 9.59 Å². The van der Waals surface area contributed by atoms with Gasteiger partial charge in [-0.25, -0.2) is 0 Å². The van der Waals surface area contributed by atoms with Crippen molar-refractivity contribution in [1.82, 2.24) is 20.9 Å². The van der Waals surface area contributed by atoms with Crippen LogP contribution in [0.15, 0.2) is 24.3 Å². The second kappa shape index (κ2) is 8.98. The molecule has 3 amide bonds. The van der Waals surface area contributed by atoms with Crippen LogP contribution in [0.3, 0.4) is 0 Å². The van der Waals surface area contributed by atoms with Crippen LogP contribution in [0.5, 0.6) is 0 Å². The number of nitrogens with one attached hydrogen (secondary N) is 4. The molecule has 31 heavy (non-hydrogen) atoms. The molecule has 8 nitrogen and oxygen atoms in total. The molecule has 4 N–H and O–H groups in total. The minimum atomic E-state index is -0.785. The van der Waals surface area contributed by atoms with Crippen LogP contribution in [0.4, 0.5) is 0 Å². The van der Waals surface area contributed by atoms with Crippen molar-refractivity contribution in [1.29, 1.82) is 5.26 Å². The van der Waals surface area contributed by atoms with E-state index in [1.165, 1.54) is 0 Å². The number of nitriles is 1. The Balaban J connectivity index is 1.43. The number of amides is 3. The van der Waals surface area contributed by atoms with Gasteiger partial charge in [0.05, 0.1) is 6.07 Å². The molecule has 1 aromatic heterocycles. The molecule has 0 radical (unpaired) electrons. The zero-order chi connectivity index (χ0) is 22.0. The highest BCUT2D eigenvalue weighted by Crippen LogP contribution is 2.33. The molecule has 162 valence electrons. The summed E-state index contributed by atoms with van der Waals surface area (Å²) in [6.45, 7) is 0.588. The van der Waals surface area contributed by atoms with Crippen LogP contribution in [0.25, 0.3) is 10.9 Å². The van der Waals surface area contributed by atoms with Crippen molar-refractivity contribution in [2.45, 2.75) is 44.2 Å². The third kappa shape index (κ3) is 5.00. The average molecular weight is 442 g/mol. The molecular formula is C22H24ClN5O3. The summed E-state index contributed by atoms with van der Waals surface area (Å²) in [6.07, 6.45) is 3.47. The molecule has 0 bridgehead atoms. The van der Waals surface area contributed by atoms with Gasteiger partial charge in [-0.15, -0.1) is 0 Å². The molecule has 1 saturated carbocycles. The van der Waals surface area contributed by atoms with Crippen molar-refractivity contribution in [2.75, 3.05) is 6.54 Å². The van der Waals surface area contributed by atoms with Crippen LogP contribution in [0.1, 0.15) is 42.6 Å². The Morgan fingerprint density at radius 1 is 1.23 bits per heavy atom. The van der Waals surface area contributed by atoms with Crippen molar-refractivity contribution in [3.63, 3.8) is 0 Å². The van der Waals surface area contributed by atoms with E-state index in [2.05, 4.69) is 27.0 Å². The fourth-order valence-electron chi connectivity index (χ4n) is 3.97. The number of H-pyrrole nitrogens is 1. The maximum atomic E-state index is 12.9. The molecule has 2 aromatic rings. The zero-order valence-corrected chi connectivity index (χ0v) is 17.7. The van der Waals surface area contributed by atoms with Crippen LogP contribution in [0.2, 0.25) is 5.02 Å². The lowest BCUT2D eigenvalue weighted by Gasteiger charge is -2.21. The molecule has 0 spiro atoms. The molecule has 1 saturated heterocycles. The summed E-state index contributed by atoms with van der Waals surface area (Å²) in [5.41, 5.74) is 1.05. The first-order valence-electron chi connectivity index (χ1n) is 10.5. The zero-order valence-electron chi connectivity index (χ0n) is 16.9. The van der Waals surface area contributed by atoms with Crippen LogP contribution in [-0.4, -0.2) is 41.3 Å². The fraction of sp³-hybridized carbons (Fsp3) is 0.455. The normalized spacial score (nSPS) is 20.0. The first-order valence-corrected chi connectivity index (χ1v) is 10.9. The average Bonchev–Trinajstić information content (AvgIpc) is 3.30. The Bertz CT molecular complexity index is 1060. The van der Waals surface area contributed by atoms with E-state index in [1.807, 2.05) is 6.07 Å². The fourth-order valence-corrected chi connectivity index (χ4v) is 4.19. The van der Waals surface area contributed by atoms with E-state index in [4.69, 9.17) is 11.6 Å². The lowest BCUT2D eigenvalue weighted by Crippen LogP contribution is -2.50. The predicted octanol–water partition coefficient (Wildman–Crippen LogP) is 2.25. The summed E-state index contributed by atoms with van der Waals surface area (Å²) in [5.74, 6) is -0.794. The number of halogens is 1. The van der Waals surface area contributed by atoms with Gasteiger partial charge in [-0.3, -0.25) is 14.4 Å². The summed E-state index contributed by atoms with van der Waals surface area (Å²) in [6, 6.07) is 7.55. The lowest BCUT2D eigenvalue weighted by atomic mass is 9.98. The molecule has 1 aliphatic carbocycles. The van der Waals surface area contributed by atoms with Gasteiger partial charge in [-0.1, -0.05) is 30.5 Å². The van der Waals surface area contributed by atoms with Crippen LogP contribution >= 0.6 is 11.6 Å². The molecule has 2 heterocycles. The standard InChI is InChI=1S/C22H24ClN5O3/c23-16-2-1-3-17-15(16)10-19(27-17)22(31)28-18(8-12-4-5-12)21(30)26-14(11-24)9-13-6-7-25-20(13)29/h1-3,10,12-14,18,27H,4-9H2,(H,25,29)(H,26,30)(H,28,31). The minimum Gasteiger partial charge on any atom is -0.356 e. The molecule has 9 heteroatoms. The number of nitrogens with zero attached hydrogens (tertiary/aromatic N) is 1. The van der Waals surface area contributed by atoms with E-state index >= 15 is 0 Å². The smallest absolute Gasteiger partial charge is 0.268 e. The largest absolute Gasteiger partial charge is 0.356 e. The Labute approximate surface area is 184 Å². The van der Waals surface area contributed by atoms with Gasteiger partial charge >= 0.3 is 0 Å². The van der Waals surface area contributed by atoms with E-state index in [9.17, 15) is 19.6 Å². The quantitative estimate of drug-likeness (QED) is 0.501. The summed E-state index contributed by atoms with van der Waals surface area (Å²) in [4.78, 5) is 40.6. The first-order chi connectivity index (χ1) is 14.9. The van der Waals surface area contributed by atoms with Gasteiger partial charge < -0.3 is 20.9 Å². The molecule has 4 rings (SSSR count). The third-order valence-corrected chi connectivity index (χ3v) is 6.23. The van der Waals surface area contributed by atoms with Gasteiger partial charge in [0.1, 0.15) is 17.8 Å². The topological polar surface area (TPSA) is 127 Å².